The fourth-order valence-electron chi connectivity index (χ4n) is 1.89. The molecule has 0 fully saturated rings. The lowest BCUT2D eigenvalue weighted by atomic mass is 10.0. The van der Waals surface area contributed by atoms with Gasteiger partial charge in [-0.2, -0.15) is 4.37 Å². The lowest BCUT2D eigenvalue weighted by molar-refractivity contribution is 0.492. The molecule has 5 nitrogen and oxygen atoms in total. The standard InChI is InChI=1S/C12H18N4OS/c1-6(2)10-12(14)17-9(15-10)4-7(3)8-5-18-16-11(8)13/h5-7H,4,14H2,1-3H3,(H2,13,16). The van der Waals surface area contributed by atoms with Gasteiger partial charge >= 0.3 is 0 Å². The van der Waals surface area contributed by atoms with E-state index in [4.69, 9.17) is 15.9 Å². The van der Waals surface area contributed by atoms with Crippen LogP contribution in [0.5, 0.6) is 0 Å². The van der Waals surface area contributed by atoms with E-state index >= 15 is 0 Å². The molecule has 0 bridgehead atoms. The van der Waals surface area contributed by atoms with Crippen LogP contribution in [0.4, 0.5) is 11.7 Å². The Hall–Kier alpha value is -1.56. The average Bonchev–Trinajstić information content (AvgIpc) is 2.84. The Balaban J connectivity index is 2.15. The minimum absolute atomic E-state index is 0.224. The maximum absolute atomic E-state index is 5.80. The number of nitrogen functional groups attached to an aromatic ring is 2. The summed E-state index contributed by atoms with van der Waals surface area (Å²) in [6, 6.07) is 0. The normalized spacial score (nSPS) is 13.1. The van der Waals surface area contributed by atoms with E-state index in [1.807, 2.05) is 19.2 Å². The van der Waals surface area contributed by atoms with Crippen LogP contribution in [0.25, 0.3) is 0 Å². The first-order valence-electron chi connectivity index (χ1n) is 5.93. The van der Waals surface area contributed by atoms with Gasteiger partial charge in [0, 0.05) is 23.3 Å². The zero-order chi connectivity index (χ0) is 13.3. The van der Waals surface area contributed by atoms with Gasteiger partial charge in [-0.15, -0.1) is 0 Å². The molecule has 0 aliphatic carbocycles. The minimum atomic E-state index is 0.224. The highest BCUT2D eigenvalue weighted by Gasteiger charge is 2.18. The first kappa shape index (κ1) is 12.9. The molecule has 1 unspecified atom stereocenters. The molecule has 0 aliphatic heterocycles. The molecule has 1 atom stereocenters. The maximum Gasteiger partial charge on any atom is 0.214 e. The summed E-state index contributed by atoms with van der Waals surface area (Å²) in [5.41, 5.74) is 13.5. The Morgan fingerprint density at radius 2 is 2.06 bits per heavy atom. The molecule has 4 N–H and O–H groups in total. The highest BCUT2D eigenvalue weighted by molar-refractivity contribution is 7.04. The molecular weight excluding hydrogens is 248 g/mol. The topological polar surface area (TPSA) is 91.0 Å². The number of nitrogens with two attached hydrogens (primary N) is 2. The number of hydrogen-bond donors (Lipinski definition) is 2. The first-order chi connectivity index (χ1) is 8.49. The maximum atomic E-state index is 5.80. The smallest absolute Gasteiger partial charge is 0.214 e. The van der Waals surface area contributed by atoms with Crippen molar-refractivity contribution in [1.29, 1.82) is 0 Å². The molecule has 2 heterocycles. The van der Waals surface area contributed by atoms with E-state index in [0.29, 0.717) is 24.0 Å². The van der Waals surface area contributed by atoms with Gasteiger partial charge in [-0.05, 0) is 17.5 Å². The molecule has 0 radical (unpaired) electrons. The van der Waals surface area contributed by atoms with Gasteiger partial charge in [0.1, 0.15) is 11.5 Å². The highest BCUT2D eigenvalue weighted by atomic mass is 32.1. The predicted octanol–water partition coefficient (Wildman–Crippen LogP) is 2.77. The quantitative estimate of drug-likeness (QED) is 0.887. The van der Waals surface area contributed by atoms with E-state index in [2.05, 4.69) is 16.3 Å². The first-order valence-corrected chi connectivity index (χ1v) is 6.77. The Morgan fingerprint density at radius 1 is 1.33 bits per heavy atom. The van der Waals surface area contributed by atoms with Crippen molar-refractivity contribution in [1.82, 2.24) is 9.36 Å². The summed E-state index contributed by atoms with van der Waals surface area (Å²) in [5.74, 6) is 2.17. The van der Waals surface area contributed by atoms with Crippen molar-refractivity contribution in [2.24, 2.45) is 0 Å². The Bertz CT molecular complexity index is 532. The number of hydrogen-bond acceptors (Lipinski definition) is 6. The molecule has 0 aromatic carbocycles. The van der Waals surface area contributed by atoms with Crippen LogP contribution in [0.3, 0.4) is 0 Å². The Morgan fingerprint density at radius 3 is 2.56 bits per heavy atom. The third-order valence-corrected chi connectivity index (χ3v) is 3.57. The van der Waals surface area contributed by atoms with E-state index in [1.165, 1.54) is 11.5 Å². The summed E-state index contributed by atoms with van der Waals surface area (Å²) in [6.45, 7) is 6.17. The lowest BCUT2D eigenvalue weighted by Gasteiger charge is -2.06. The molecule has 18 heavy (non-hydrogen) atoms. The van der Waals surface area contributed by atoms with Gasteiger partial charge in [0.05, 0.1) is 0 Å². The fraction of sp³-hybridized carbons (Fsp3) is 0.500. The number of anilines is 2. The molecule has 2 aromatic heterocycles. The number of oxazole rings is 1. The molecule has 6 heteroatoms. The summed E-state index contributed by atoms with van der Waals surface area (Å²) in [4.78, 5) is 4.44. The van der Waals surface area contributed by atoms with Crippen molar-refractivity contribution >= 4 is 23.2 Å². The Kier molecular flexibility index (Phi) is 3.56. The monoisotopic (exact) mass is 266 g/mol. The van der Waals surface area contributed by atoms with Crippen LogP contribution in [-0.2, 0) is 6.42 Å². The largest absolute Gasteiger partial charge is 0.425 e. The van der Waals surface area contributed by atoms with Crippen molar-refractivity contribution in [3.8, 4) is 0 Å². The van der Waals surface area contributed by atoms with E-state index in [0.717, 1.165) is 11.3 Å². The lowest BCUT2D eigenvalue weighted by Crippen LogP contribution is -2.01. The third-order valence-electron chi connectivity index (χ3n) is 2.91. The van der Waals surface area contributed by atoms with Crippen LogP contribution in [0.1, 0.15) is 49.8 Å². The SMILES string of the molecule is CC(C)c1nc(CC(C)c2csnc2N)oc1N. The molecule has 2 aromatic rings. The number of nitrogens with zero attached hydrogens (tertiary/aromatic N) is 2. The summed E-state index contributed by atoms with van der Waals surface area (Å²) in [6.07, 6.45) is 0.680. The summed E-state index contributed by atoms with van der Waals surface area (Å²) >= 11 is 1.37. The number of aromatic nitrogens is 2. The molecule has 98 valence electrons. The molecule has 0 amide bonds. The second-order valence-electron chi connectivity index (χ2n) is 4.77. The van der Waals surface area contributed by atoms with Crippen LogP contribution < -0.4 is 11.5 Å². The molecular formula is C12H18N4OS. The third kappa shape index (κ3) is 2.48. The van der Waals surface area contributed by atoms with Crippen molar-refractivity contribution in [2.45, 2.75) is 39.0 Å². The van der Waals surface area contributed by atoms with E-state index < -0.39 is 0 Å². The van der Waals surface area contributed by atoms with Gasteiger partial charge in [-0.1, -0.05) is 20.8 Å². The molecule has 0 saturated heterocycles. The van der Waals surface area contributed by atoms with E-state index in [1.54, 1.807) is 0 Å². The van der Waals surface area contributed by atoms with Gasteiger partial charge in [-0.3, -0.25) is 0 Å². The summed E-state index contributed by atoms with van der Waals surface area (Å²) in [5, 5.41) is 1.97. The van der Waals surface area contributed by atoms with Crippen molar-refractivity contribution in [3.63, 3.8) is 0 Å². The van der Waals surface area contributed by atoms with Gasteiger partial charge in [-0.25, -0.2) is 4.98 Å². The number of rotatable bonds is 4. The van der Waals surface area contributed by atoms with Crippen LogP contribution in [0, 0.1) is 0 Å². The van der Waals surface area contributed by atoms with Crippen LogP contribution >= 0.6 is 11.5 Å². The second-order valence-corrected chi connectivity index (χ2v) is 5.40. The highest BCUT2D eigenvalue weighted by Crippen LogP contribution is 2.28. The van der Waals surface area contributed by atoms with Crippen LogP contribution in [0.15, 0.2) is 9.80 Å². The van der Waals surface area contributed by atoms with E-state index in [-0.39, 0.29) is 11.8 Å². The van der Waals surface area contributed by atoms with Crippen LogP contribution in [0.2, 0.25) is 0 Å². The molecule has 0 saturated carbocycles. The van der Waals surface area contributed by atoms with Crippen LogP contribution in [-0.4, -0.2) is 9.36 Å². The predicted molar refractivity (Wildman–Crippen MR) is 73.6 cm³/mol. The average molecular weight is 266 g/mol. The Labute approximate surface area is 110 Å². The minimum Gasteiger partial charge on any atom is -0.425 e. The van der Waals surface area contributed by atoms with Crippen molar-refractivity contribution < 1.29 is 4.42 Å². The zero-order valence-corrected chi connectivity index (χ0v) is 11.6. The van der Waals surface area contributed by atoms with E-state index in [9.17, 15) is 0 Å². The summed E-state index contributed by atoms with van der Waals surface area (Å²) < 4.78 is 9.57. The zero-order valence-electron chi connectivity index (χ0n) is 10.8. The van der Waals surface area contributed by atoms with Crippen molar-refractivity contribution in [2.75, 3.05) is 11.5 Å². The molecule has 0 aliphatic rings. The molecule has 2 rings (SSSR count). The summed E-state index contributed by atoms with van der Waals surface area (Å²) in [7, 11) is 0. The van der Waals surface area contributed by atoms with Gasteiger partial charge < -0.3 is 15.9 Å². The van der Waals surface area contributed by atoms with Gasteiger partial charge in [0.25, 0.3) is 0 Å². The van der Waals surface area contributed by atoms with Gasteiger partial charge in [0.15, 0.2) is 5.89 Å². The van der Waals surface area contributed by atoms with Crippen molar-refractivity contribution in [3.05, 3.63) is 22.5 Å². The fourth-order valence-corrected chi connectivity index (χ4v) is 2.62. The van der Waals surface area contributed by atoms with Gasteiger partial charge in [0.2, 0.25) is 5.88 Å². The second kappa shape index (κ2) is 4.97. The molecule has 0 spiro atoms.